The van der Waals surface area contributed by atoms with E-state index in [4.69, 9.17) is 0 Å². The Morgan fingerprint density at radius 1 is 1.31 bits per heavy atom. The van der Waals surface area contributed by atoms with Gasteiger partial charge in [0.1, 0.15) is 17.3 Å². The van der Waals surface area contributed by atoms with E-state index in [-0.39, 0.29) is 5.69 Å². The Morgan fingerprint density at radius 3 is 2.23 bits per heavy atom. The zero-order chi connectivity index (χ0) is 9.84. The highest BCUT2D eigenvalue weighted by Gasteiger charge is 2.09. The Hall–Kier alpha value is -0.770. The lowest BCUT2D eigenvalue weighted by Crippen LogP contribution is -1.96. The van der Waals surface area contributed by atoms with Crippen molar-refractivity contribution >= 4 is 17.6 Å². The summed E-state index contributed by atoms with van der Waals surface area (Å²) in [6.45, 7) is 1.86. The van der Waals surface area contributed by atoms with Crippen molar-refractivity contribution in [1.29, 1.82) is 0 Å². The van der Waals surface area contributed by atoms with E-state index in [1.165, 1.54) is 24.1 Å². The van der Waals surface area contributed by atoms with Crippen LogP contribution in [0.4, 0.5) is 14.5 Å². The first-order valence-corrected chi connectivity index (χ1v) is 5.18. The van der Waals surface area contributed by atoms with Crippen LogP contribution < -0.4 is 4.72 Å². The van der Waals surface area contributed by atoms with Crippen molar-refractivity contribution in [2.24, 2.45) is 0 Å². The minimum atomic E-state index is -0.536. The third kappa shape index (κ3) is 2.34. The van der Waals surface area contributed by atoms with Gasteiger partial charge in [-0.15, -0.1) is 0 Å². The third-order valence-corrected chi connectivity index (χ3v) is 2.12. The van der Waals surface area contributed by atoms with Crippen molar-refractivity contribution in [1.82, 2.24) is 0 Å². The summed E-state index contributed by atoms with van der Waals surface area (Å²) in [4.78, 5) is 0. The standard InChI is InChI=1S/C9H11F2NS/c1-3-6-4-7(10)9(12-13-2)8(11)5-6/h4-5,12H,3H2,1-2H3. The fourth-order valence-electron chi connectivity index (χ4n) is 1.03. The monoisotopic (exact) mass is 203 g/mol. The third-order valence-electron chi connectivity index (χ3n) is 1.71. The van der Waals surface area contributed by atoms with Crippen LogP contribution in [0, 0.1) is 11.6 Å². The lowest BCUT2D eigenvalue weighted by molar-refractivity contribution is 0.588. The topological polar surface area (TPSA) is 12.0 Å². The molecule has 0 radical (unpaired) electrons. The number of anilines is 1. The molecule has 72 valence electrons. The highest BCUT2D eigenvalue weighted by molar-refractivity contribution is 7.99. The van der Waals surface area contributed by atoms with E-state index in [0.717, 1.165) is 0 Å². The van der Waals surface area contributed by atoms with Crippen LogP contribution in [0.2, 0.25) is 0 Å². The highest BCUT2D eigenvalue weighted by Crippen LogP contribution is 2.22. The predicted molar refractivity (Wildman–Crippen MR) is 52.9 cm³/mol. The van der Waals surface area contributed by atoms with Gasteiger partial charge in [0.15, 0.2) is 0 Å². The summed E-state index contributed by atoms with van der Waals surface area (Å²) in [5, 5.41) is 0. The number of nitrogens with one attached hydrogen (secondary N) is 1. The molecule has 13 heavy (non-hydrogen) atoms. The van der Waals surface area contributed by atoms with Gasteiger partial charge in [-0.2, -0.15) is 0 Å². The molecular weight excluding hydrogens is 192 g/mol. The molecule has 4 heteroatoms. The second-order valence-electron chi connectivity index (χ2n) is 2.59. The molecule has 0 unspecified atom stereocenters. The number of halogens is 2. The molecular formula is C9H11F2NS. The van der Waals surface area contributed by atoms with Gasteiger partial charge in [0.2, 0.25) is 0 Å². The van der Waals surface area contributed by atoms with E-state index < -0.39 is 11.6 Å². The van der Waals surface area contributed by atoms with Crippen LogP contribution >= 0.6 is 11.9 Å². The van der Waals surface area contributed by atoms with Gasteiger partial charge in [-0.25, -0.2) is 8.78 Å². The van der Waals surface area contributed by atoms with Crippen molar-refractivity contribution < 1.29 is 8.78 Å². The number of aryl methyl sites for hydroxylation is 1. The van der Waals surface area contributed by atoms with Crippen molar-refractivity contribution in [2.75, 3.05) is 11.0 Å². The van der Waals surface area contributed by atoms with Gasteiger partial charge >= 0.3 is 0 Å². The van der Waals surface area contributed by atoms with Gasteiger partial charge in [0.05, 0.1) is 0 Å². The zero-order valence-corrected chi connectivity index (χ0v) is 8.34. The molecule has 1 N–H and O–H groups in total. The Kier molecular flexibility index (Phi) is 3.54. The van der Waals surface area contributed by atoms with Crippen LogP contribution in [0.15, 0.2) is 12.1 Å². The van der Waals surface area contributed by atoms with Gasteiger partial charge in [-0.3, -0.25) is 0 Å². The van der Waals surface area contributed by atoms with Gasteiger partial charge < -0.3 is 4.72 Å². The lowest BCUT2D eigenvalue weighted by atomic mass is 10.1. The molecule has 0 heterocycles. The lowest BCUT2D eigenvalue weighted by Gasteiger charge is -2.06. The van der Waals surface area contributed by atoms with Crippen LogP contribution in [0.3, 0.4) is 0 Å². The van der Waals surface area contributed by atoms with Crippen molar-refractivity contribution in [3.8, 4) is 0 Å². The van der Waals surface area contributed by atoms with Gasteiger partial charge in [-0.1, -0.05) is 18.9 Å². The van der Waals surface area contributed by atoms with Crippen LogP contribution in [0.5, 0.6) is 0 Å². The van der Waals surface area contributed by atoms with Gasteiger partial charge in [-0.05, 0) is 24.1 Å². The van der Waals surface area contributed by atoms with E-state index in [9.17, 15) is 8.78 Å². The Balaban J connectivity index is 3.07. The quantitative estimate of drug-likeness (QED) is 0.757. The average molecular weight is 203 g/mol. The summed E-state index contributed by atoms with van der Waals surface area (Å²) >= 11 is 1.17. The minimum absolute atomic E-state index is 0.0651. The molecule has 0 saturated heterocycles. The first-order chi connectivity index (χ1) is 6.19. The Morgan fingerprint density at radius 2 is 1.85 bits per heavy atom. The molecule has 1 aromatic rings. The summed E-state index contributed by atoms with van der Waals surface area (Å²) in [5.41, 5.74) is 0.603. The minimum Gasteiger partial charge on any atom is -0.325 e. The van der Waals surface area contributed by atoms with E-state index >= 15 is 0 Å². The molecule has 0 aliphatic rings. The van der Waals surface area contributed by atoms with Crippen molar-refractivity contribution in [3.05, 3.63) is 29.3 Å². The van der Waals surface area contributed by atoms with E-state index in [2.05, 4.69) is 4.72 Å². The summed E-state index contributed by atoms with van der Waals surface area (Å²) in [7, 11) is 0. The average Bonchev–Trinajstić information content (AvgIpc) is 2.11. The Labute approximate surface area is 80.7 Å². The fourth-order valence-corrected chi connectivity index (χ4v) is 1.43. The van der Waals surface area contributed by atoms with Crippen molar-refractivity contribution in [3.63, 3.8) is 0 Å². The second kappa shape index (κ2) is 4.46. The Bertz CT molecular complexity index is 279. The molecule has 1 rings (SSSR count). The maximum Gasteiger partial charge on any atom is 0.150 e. The molecule has 0 saturated carbocycles. The van der Waals surface area contributed by atoms with Gasteiger partial charge in [0.25, 0.3) is 0 Å². The number of rotatable bonds is 3. The predicted octanol–water partition coefficient (Wildman–Crippen LogP) is 3.22. The smallest absolute Gasteiger partial charge is 0.150 e. The van der Waals surface area contributed by atoms with E-state index in [1.54, 1.807) is 6.26 Å². The maximum atomic E-state index is 13.2. The first kappa shape index (κ1) is 10.3. The molecule has 0 amide bonds. The fraction of sp³-hybridized carbons (Fsp3) is 0.333. The normalized spacial score (nSPS) is 10.2. The van der Waals surface area contributed by atoms with Crippen LogP contribution in [-0.4, -0.2) is 6.26 Å². The second-order valence-corrected chi connectivity index (χ2v) is 3.21. The van der Waals surface area contributed by atoms with Crippen molar-refractivity contribution in [2.45, 2.75) is 13.3 Å². The highest BCUT2D eigenvalue weighted by atomic mass is 32.2. The molecule has 0 bridgehead atoms. The summed E-state index contributed by atoms with van der Waals surface area (Å²) < 4.78 is 28.9. The summed E-state index contributed by atoms with van der Waals surface area (Å²) in [5.74, 6) is -1.07. The molecule has 0 aliphatic carbocycles. The van der Waals surface area contributed by atoms with Crippen LogP contribution in [0.1, 0.15) is 12.5 Å². The maximum absolute atomic E-state index is 13.2. The molecule has 1 nitrogen and oxygen atoms in total. The van der Waals surface area contributed by atoms with Gasteiger partial charge in [0, 0.05) is 6.26 Å². The van der Waals surface area contributed by atoms with Crippen LogP contribution in [-0.2, 0) is 6.42 Å². The number of hydrogen-bond donors (Lipinski definition) is 1. The number of hydrogen-bond acceptors (Lipinski definition) is 2. The van der Waals surface area contributed by atoms with E-state index in [0.29, 0.717) is 12.0 Å². The summed E-state index contributed by atoms with van der Waals surface area (Å²) in [6.07, 6.45) is 2.35. The summed E-state index contributed by atoms with van der Waals surface area (Å²) in [6, 6.07) is 2.70. The number of benzene rings is 1. The zero-order valence-electron chi connectivity index (χ0n) is 7.53. The largest absolute Gasteiger partial charge is 0.325 e. The molecule has 0 fully saturated rings. The van der Waals surface area contributed by atoms with Crippen LogP contribution in [0.25, 0.3) is 0 Å². The molecule has 0 spiro atoms. The van der Waals surface area contributed by atoms with E-state index in [1.807, 2.05) is 6.92 Å². The molecule has 0 aliphatic heterocycles. The SMILES string of the molecule is CCc1cc(F)c(NSC)c(F)c1. The first-order valence-electron chi connectivity index (χ1n) is 3.96. The molecule has 0 atom stereocenters. The molecule has 1 aromatic carbocycles. The molecule has 0 aromatic heterocycles.